The molecular weight excluding hydrogens is 829 g/mol. The molecule has 0 aliphatic heterocycles. The van der Waals surface area contributed by atoms with E-state index in [0.29, 0.717) is 11.3 Å². The highest BCUT2D eigenvalue weighted by Crippen LogP contribution is 2.49. The van der Waals surface area contributed by atoms with Gasteiger partial charge in [0.1, 0.15) is 6.07 Å². The van der Waals surface area contributed by atoms with Gasteiger partial charge in [-0.15, -0.1) is 0 Å². The van der Waals surface area contributed by atoms with Gasteiger partial charge in [0, 0.05) is 60.0 Å². The molecule has 6 nitrogen and oxygen atoms in total. The quantitative estimate of drug-likeness (QED) is 0.159. The summed E-state index contributed by atoms with van der Waals surface area (Å²) in [6.07, 6.45) is 0. The Bertz CT molecular complexity index is 4230. The van der Waals surface area contributed by atoms with Crippen LogP contribution in [-0.4, -0.2) is 18.3 Å². The fraction of sp³-hybridized carbons (Fsp3) is 0. The van der Waals surface area contributed by atoms with Crippen LogP contribution in [0.1, 0.15) is 5.56 Å². The van der Waals surface area contributed by atoms with Gasteiger partial charge in [0.05, 0.1) is 67.6 Å². The highest BCUT2D eigenvalue weighted by molar-refractivity contribution is 6.21. The summed E-state index contributed by atoms with van der Waals surface area (Å²) in [6, 6.07) is 79.3. The number of nitriles is 1. The van der Waals surface area contributed by atoms with Crippen LogP contribution in [0.5, 0.6) is 0 Å². The average molecular weight is 865 g/mol. The van der Waals surface area contributed by atoms with Gasteiger partial charge in [0.25, 0.3) is 0 Å². The van der Waals surface area contributed by atoms with E-state index >= 15 is 0 Å². The van der Waals surface area contributed by atoms with Gasteiger partial charge in [0.2, 0.25) is 5.69 Å². The summed E-state index contributed by atoms with van der Waals surface area (Å²) in [4.78, 5) is 4.31. The van der Waals surface area contributed by atoms with E-state index in [9.17, 15) is 5.26 Å². The van der Waals surface area contributed by atoms with E-state index in [1.54, 1.807) is 0 Å². The molecule has 14 aromatic rings. The molecule has 0 fully saturated rings. The van der Waals surface area contributed by atoms with E-state index in [0.717, 1.165) is 121 Å². The maximum absolute atomic E-state index is 11.4. The van der Waals surface area contributed by atoms with Gasteiger partial charge in [-0.3, -0.25) is 0 Å². The molecule has 4 aromatic heterocycles. The third-order valence-electron chi connectivity index (χ3n) is 14.0. The Kier molecular flexibility index (Phi) is 8.01. The molecule has 0 spiro atoms. The Labute approximate surface area is 390 Å². The van der Waals surface area contributed by atoms with E-state index in [1.165, 1.54) is 0 Å². The second-order valence-electron chi connectivity index (χ2n) is 17.5. The lowest BCUT2D eigenvalue weighted by Crippen LogP contribution is -2.06. The molecule has 0 radical (unpaired) electrons. The molecule has 0 N–H and O–H groups in total. The molecule has 4 heterocycles. The zero-order valence-corrected chi connectivity index (χ0v) is 36.5. The Balaban J connectivity index is 1.16. The Hall–Kier alpha value is -9.62. The first-order chi connectivity index (χ1) is 33.7. The van der Waals surface area contributed by atoms with E-state index in [1.807, 2.05) is 24.3 Å². The third-order valence-corrected chi connectivity index (χ3v) is 14.0. The van der Waals surface area contributed by atoms with Crippen molar-refractivity contribution in [2.45, 2.75) is 0 Å². The standard InChI is InChI=1S/C62H36N6/c1-64-51-33-40(38-63)61(67-54-31-17-13-27-45(54)49-34-56-47(36-58(49)67)43-25-11-15-29-52(43)65(56)41-21-7-3-8-22-41)60(39-19-5-2-6-20-39)62(51)68-55-32-18-14-28-46(55)50-35-57-48(37-59(50)68)44-26-12-16-30-53(44)66(57)42-23-9-4-10-24-42/h2-37H. The van der Waals surface area contributed by atoms with Crippen molar-refractivity contribution in [3.8, 4) is 39.9 Å². The van der Waals surface area contributed by atoms with Crippen LogP contribution >= 0.6 is 0 Å². The number of hydrogen-bond acceptors (Lipinski definition) is 1. The van der Waals surface area contributed by atoms with Crippen LogP contribution in [0, 0.1) is 17.9 Å². The van der Waals surface area contributed by atoms with Crippen LogP contribution in [0.15, 0.2) is 218 Å². The number of rotatable bonds is 5. The molecule has 0 atom stereocenters. The molecule has 0 bridgehead atoms. The number of nitrogens with zero attached hydrogens (tertiary/aromatic N) is 6. The van der Waals surface area contributed by atoms with E-state index in [-0.39, 0.29) is 0 Å². The van der Waals surface area contributed by atoms with Crippen LogP contribution in [0.25, 0.3) is 126 Å². The zero-order chi connectivity index (χ0) is 45.0. The van der Waals surface area contributed by atoms with E-state index in [4.69, 9.17) is 6.57 Å². The molecule has 0 saturated carbocycles. The molecule has 314 valence electrons. The largest absolute Gasteiger partial charge is 0.318 e. The van der Waals surface area contributed by atoms with Crippen LogP contribution in [0.4, 0.5) is 5.69 Å². The predicted octanol–water partition coefficient (Wildman–Crippen LogP) is 16.2. The van der Waals surface area contributed by atoms with Gasteiger partial charge in [0.15, 0.2) is 0 Å². The van der Waals surface area contributed by atoms with Gasteiger partial charge in [-0.05, 0) is 84.4 Å². The summed E-state index contributed by atoms with van der Waals surface area (Å²) in [5.74, 6) is 0. The molecule has 6 heteroatoms. The molecule has 0 amide bonds. The summed E-state index contributed by atoms with van der Waals surface area (Å²) in [5, 5.41) is 20.2. The van der Waals surface area contributed by atoms with Crippen molar-refractivity contribution in [1.29, 1.82) is 5.26 Å². The molecule has 14 rings (SSSR count). The van der Waals surface area contributed by atoms with Crippen molar-refractivity contribution < 1.29 is 0 Å². The van der Waals surface area contributed by atoms with Crippen molar-refractivity contribution in [2.75, 3.05) is 0 Å². The van der Waals surface area contributed by atoms with Crippen LogP contribution in [0.2, 0.25) is 0 Å². The lowest BCUT2D eigenvalue weighted by atomic mass is 9.95. The van der Waals surface area contributed by atoms with Gasteiger partial charge in [-0.1, -0.05) is 140 Å². The number of benzene rings is 10. The molecule has 0 aliphatic rings. The first kappa shape index (κ1) is 37.7. The van der Waals surface area contributed by atoms with Crippen molar-refractivity contribution >= 4 is 92.9 Å². The average Bonchev–Trinajstić information content (AvgIpc) is 4.11. The molecule has 68 heavy (non-hydrogen) atoms. The second-order valence-corrected chi connectivity index (χ2v) is 17.5. The summed E-state index contributed by atoms with van der Waals surface area (Å²) < 4.78 is 9.28. The summed E-state index contributed by atoms with van der Waals surface area (Å²) in [5.41, 5.74) is 14.5. The fourth-order valence-corrected chi connectivity index (χ4v) is 11.2. The van der Waals surface area contributed by atoms with Gasteiger partial charge in [-0.25, -0.2) is 4.85 Å². The molecule has 0 saturated heterocycles. The summed E-state index contributed by atoms with van der Waals surface area (Å²) in [7, 11) is 0. The lowest BCUT2D eigenvalue weighted by molar-refractivity contribution is 1.13. The van der Waals surface area contributed by atoms with E-state index < -0.39 is 0 Å². The molecule has 0 unspecified atom stereocenters. The molecular formula is C62H36N6. The van der Waals surface area contributed by atoms with Gasteiger partial charge >= 0.3 is 0 Å². The molecule has 10 aromatic carbocycles. The van der Waals surface area contributed by atoms with Crippen molar-refractivity contribution in [2.24, 2.45) is 0 Å². The fourth-order valence-electron chi connectivity index (χ4n) is 11.2. The number of para-hydroxylation sites is 6. The number of hydrogen-bond donors (Lipinski definition) is 0. The first-order valence-corrected chi connectivity index (χ1v) is 22.8. The maximum Gasteiger partial charge on any atom is 0.212 e. The minimum atomic E-state index is 0.396. The molecule has 0 aliphatic carbocycles. The summed E-state index contributed by atoms with van der Waals surface area (Å²) in [6.45, 7) is 8.91. The monoisotopic (exact) mass is 864 g/mol. The topological polar surface area (TPSA) is 47.9 Å². The van der Waals surface area contributed by atoms with Crippen LogP contribution in [-0.2, 0) is 0 Å². The summed E-state index contributed by atoms with van der Waals surface area (Å²) >= 11 is 0. The Morgan fingerprint density at radius 1 is 0.338 bits per heavy atom. The van der Waals surface area contributed by atoms with Gasteiger partial charge < -0.3 is 18.3 Å². The predicted molar refractivity (Wildman–Crippen MR) is 280 cm³/mol. The third kappa shape index (κ3) is 5.20. The van der Waals surface area contributed by atoms with Crippen molar-refractivity contribution in [3.05, 3.63) is 235 Å². The smallest absolute Gasteiger partial charge is 0.212 e. The second kappa shape index (κ2) is 14.4. The van der Waals surface area contributed by atoms with Gasteiger partial charge in [-0.2, -0.15) is 5.26 Å². The minimum Gasteiger partial charge on any atom is -0.318 e. The minimum absolute atomic E-state index is 0.396. The van der Waals surface area contributed by atoms with E-state index in [2.05, 4.69) is 223 Å². The Morgan fingerprint density at radius 2 is 0.676 bits per heavy atom. The number of aromatic nitrogens is 4. The highest BCUT2D eigenvalue weighted by Gasteiger charge is 2.29. The van der Waals surface area contributed by atoms with Crippen LogP contribution in [0.3, 0.4) is 0 Å². The number of fused-ring (bicyclic) bond motifs is 12. The SMILES string of the molecule is [C-]#[N+]c1cc(C#N)c(-n2c3ccccc3c3cc4c(cc32)c2ccccc2n4-c2ccccc2)c(-c2ccccc2)c1-n1c2ccccc2c2cc3c(cc21)c1ccccc1n3-c1ccccc1. The normalized spacial score (nSPS) is 11.8. The first-order valence-electron chi connectivity index (χ1n) is 22.8. The Morgan fingerprint density at radius 3 is 1.07 bits per heavy atom. The lowest BCUT2D eigenvalue weighted by Gasteiger charge is -2.23. The van der Waals surface area contributed by atoms with Crippen molar-refractivity contribution in [1.82, 2.24) is 18.3 Å². The zero-order valence-electron chi connectivity index (χ0n) is 36.5. The van der Waals surface area contributed by atoms with Crippen LogP contribution < -0.4 is 0 Å². The maximum atomic E-state index is 11.4. The van der Waals surface area contributed by atoms with Crippen molar-refractivity contribution in [3.63, 3.8) is 0 Å². The highest BCUT2D eigenvalue weighted by atomic mass is 15.1.